The largest absolute Gasteiger partial charge is 0.384 e. The lowest BCUT2D eigenvalue weighted by Crippen LogP contribution is -2.13. The lowest BCUT2D eigenvalue weighted by molar-refractivity contribution is 0.421. The van der Waals surface area contributed by atoms with E-state index in [9.17, 15) is 8.78 Å². The van der Waals surface area contributed by atoms with Crippen molar-refractivity contribution < 1.29 is 17.8 Å². The maximum Gasteiger partial charge on any atom is 0.182 e. The highest BCUT2D eigenvalue weighted by molar-refractivity contribution is 5.94. The van der Waals surface area contributed by atoms with E-state index in [0.717, 1.165) is 0 Å². The summed E-state index contributed by atoms with van der Waals surface area (Å²) in [5.74, 6) is -0.322. The van der Waals surface area contributed by atoms with Gasteiger partial charge in [0.15, 0.2) is 5.82 Å². The second-order valence-electron chi connectivity index (χ2n) is 9.50. The van der Waals surface area contributed by atoms with Gasteiger partial charge in [0.05, 0.1) is 35.9 Å². The van der Waals surface area contributed by atoms with Crippen LogP contribution in [0.4, 0.5) is 14.6 Å². The van der Waals surface area contributed by atoms with Crippen molar-refractivity contribution in [2.75, 3.05) is 5.73 Å². The maximum atomic E-state index is 14.0. The van der Waals surface area contributed by atoms with Gasteiger partial charge in [0.2, 0.25) is 0 Å². The van der Waals surface area contributed by atoms with E-state index in [2.05, 4.69) is 40.4 Å². The van der Waals surface area contributed by atoms with E-state index in [0.29, 0.717) is 40.1 Å². The number of aromatic nitrogens is 10. The van der Waals surface area contributed by atoms with Crippen molar-refractivity contribution in [2.24, 2.45) is 5.73 Å². The monoisotopic (exact) mass is 623 g/mol. The molecular formula is C29H23F2N13O2. The first-order chi connectivity index (χ1) is 22.4. The average molecular weight is 624 g/mol. The maximum absolute atomic E-state index is 14.0. The summed E-state index contributed by atoms with van der Waals surface area (Å²) in [6, 6.07) is 14.0. The summed E-state index contributed by atoms with van der Waals surface area (Å²) in [4.78, 5) is 16.4. The molecule has 7 aromatic heterocycles. The van der Waals surface area contributed by atoms with Gasteiger partial charge < -0.3 is 20.5 Å². The molecule has 0 radical (unpaired) electrons. The minimum absolute atomic E-state index is 0.0994. The number of halogens is 2. The number of nitrogens with two attached hydrogens (primary N) is 2. The first-order valence-electron chi connectivity index (χ1n) is 13.4. The van der Waals surface area contributed by atoms with Crippen LogP contribution in [-0.2, 0) is 13.1 Å². The van der Waals surface area contributed by atoms with E-state index in [-0.39, 0.29) is 36.0 Å². The average Bonchev–Trinajstić information content (AvgIpc) is 3.87. The Bertz CT molecular complexity index is 2090. The lowest BCUT2D eigenvalue weighted by Gasteiger charge is -2.05. The van der Waals surface area contributed by atoms with Crippen molar-refractivity contribution in [3.05, 3.63) is 114 Å². The van der Waals surface area contributed by atoms with Gasteiger partial charge in [-0.3, -0.25) is 24.7 Å². The van der Waals surface area contributed by atoms with Gasteiger partial charge in [-0.25, -0.2) is 18.7 Å². The molecule has 17 heteroatoms. The summed E-state index contributed by atoms with van der Waals surface area (Å²) in [7, 11) is 0. The first kappa shape index (κ1) is 29.4. The van der Waals surface area contributed by atoms with E-state index in [1.165, 1.54) is 53.9 Å². The van der Waals surface area contributed by atoms with Crippen LogP contribution in [0.25, 0.3) is 34.3 Å². The lowest BCUT2D eigenvalue weighted by atomic mass is 10.2. The van der Waals surface area contributed by atoms with Gasteiger partial charge in [0.25, 0.3) is 0 Å². The molecule has 0 atom stereocenters. The Morgan fingerprint density at radius 2 is 1.33 bits per heavy atom. The number of hydrogen-bond acceptors (Lipinski definition) is 12. The number of anilines is 1. The van der Waals surface area contributed by atoms with Crippen LogP contribution in [-0.4, -0.2) is 55.6 Å². The molecule has 0 aliphatic carbocycles. The first-order valence-corrected chi connectivity index (χ1v) is 13.4. The fourth-order valence-electron chi connectivity index (χ4n) is 4.27. The zero-order valence-electron chi connectivity index (χ0n) is 23.7. The summed E-state index contributed by atoms with van der Waals surface area (Å²) in [6.07, 6.45) is 7.44. The van der Waals surface area contributed by atoms with Crippen LogP contribution in [0.3, 0.4) is 0 Å². The van der Waals surface area contributed by atoms with E-state index >= 15 is 0 Å². The van der Waals surface area contributed by atoms with Gasteiger partial charge in [-0.15, -0.1) is 0 Å². The number of nitrogens with zero attached hydrogens (tertiary/aromatic N) is 10. The van der Waals surface area contributed by atoms with Gasteiger partial charge in [-0.1, -0.05) is 10.3 Å². The molecule has 230 valence electrons. The highest BCUT2D eigenvalue weighted by Gasteiger charge is 2.18. The molecule has 7 heterocycles. The molecular weight excluding hydrogens is 600 g/mol. The van der Waals surface area contributed by atoms with Gasteiger partial charge in [0, 0.05) is 30.7 Å². The second-order valence-corrected chi connectivity index (χ2v) is 9.50. The van der Waals surface area contributed by atoms with E-state index in [4.69, 9.17) is 25.9 Å². The topological polar surface area (TPSA) is 215 Å². The minimum atomic E-state index is -0.427. The van der Waals surface area contributed by atoms with Crippen LogP contribution in [0, 0.1) is 17.0 Å². The fourth-order valence-corrected chi connectivity index (χ4v) is 4.27. The smallest absolute Gasteiger partial charge is 0.182 e. The standard InChI is InChI=1S/C16H12FN7O.C13H11FN6O/c17-10-2-1-5-19-13(10)9-24-14(11-4-7-25-23-11)8-12(22-24)16-20-6-3-15(18)21-16;14-8-2-1-4-17-11(8)7-20-12(9-3-5-21-19-9)6-10(18-20)13(15)16/h1-8H,9H2,(H2,18,20,21);1-6H,7H2,(H3,15,16). The van der Waals surface area contributed by atoms with Crippen molar-refractivity contribution >= 4 is 11.7 Å². The van der Waals surface area contributed by atoms with E-state index < -0.39 is 11.6 Å². The minimum Gasteiger partial charge on any atom is -0.384 e. The van der Waals surface area contributed by atoms with Crippen LogP contribution < -0.4 is 11.5 Å². The third kappa shape index (κ3) is 6.47. The molecule has 0 aliphatic rings. The molecule has 0 saturated carbocycles. The Kier molecular flexibility index (Phi) is 8.26. The van der Waals surface area contributed by atoms with Gasteiger partial charge in [0.1, 0.15) is 58.6 Å². The Labute approximate surface area is 258 Å². The summed E-state index contributed by atoms with van der Waals surface area (Å²) in [6.45, 7) is 0.222. The number of nitrogen functional groups attached to an aromatic ring is 2. The molecule has 0 spiro atoms. The molecule has 0 amide bonds. The fraction of sp³-hybridized carbons (Fsp3) is 0.0690. The molecule has 0 aromatic carbocycles. The van der Waals surface area contributed by atoms with Crippen LogP contribution in [0.1, 0.15) is 17.1 Å². The van der Waals surface area contributed by atoms with Crippen molar-refractivity contribution in [1.82, 2.24) is 49.8 Å². The number of hydrogen-bond donors (Lipinski definition) is 3. The highest BCUT2D eigenvalue weighted by Crippen LogP contribution is 2.25. The van der Waals surface area contributed by atoms with Crippen LogP contribution >= 0.6 is 0 Å². The normalized spacial score (nSPS) is 10.8. The van der Waals surface area contributed by atoms with Gasteiger partial charge in [-0.05, 0) is 42.5 Å². The molecule has 5 N–H and O–H groups in total. The van der Waals surface area contributed by atoms with Crippen molar-refractivity contribution in [3.8, 4) is 34.3 Å². The predicted molar refractivity (Wildman–Crippen MR) is 158 cm³/mol. The van der Waals surface area contributed by atoms with Crippen LogP contribution in [0.2, 0.25) is 0 Å². The summed E-state index contributed by atoms with van der Waals surface area (Å²) in [5, 5.41) is 23.8. The predicted octanol–water partition coefficient (Wildman–Crippen LogP) is 3.56. The van der Waals surface area contributed by atoms with E-state index in [1.807, 2.05) is 0 Å². The van der Waals surface area contributed by atoms with Crippen molar-refractivity contribution in [1.29, 1.82) is 5.41 Å². The number of nitrogens with one attached hydrogen (secondary N) is 1. The molecule has 0 fully saturated rings. The third-order valence-corrected chi connectivity index (χ3v) is 6.41. The molecule has 0 bridgehead atoms. The second kappa shape index (κ2) is 12.9. The molecule has 0 unspecified atom stereocenters. The number of pyridine rings is 2. The molecule has 0 aliphatic heterocycles. The zero-order chi connectivity index (χ0) is 32.0. The molecule has 46 heavy (non-hydrogen) atoms. The molecule has 15 nitrogen and oxygen atoms in total. The Morgan fingerprint density at radius 3 is 1.85 bits per heavy atom. The van der Waals surface area contributed by atoms with Gasteiger partial charge >= 0.3 is 0 Å². The molecule has 7 aromatic rings. The van der Waals surface area contributed by atoms with Crippen molar-refractivity contribution in [3.63, 3.8) is 0 Å². The summed E-state index contributed by atoms with van der Waals surface area (Å²) in [5.41, 5.74) is 14.7. The zero-order valence-corrected chi connectivity index (χ0v) is 23.7. The van der Waals surface area contributed by atoms with Crippen LogP contribution in [0.5, 0.6) is 0 Å². The Morgan fingerprint density at radius 1 is 0.739 bits per heavy atom. The highest BCUT2D eigenvalue weighted by atomic mass is 19.1. The summed E-state index contributed by atoms with van der Waals surface area (Å²) < 4.78 is 40.4. The molecule has 0 saturated heterocycles. The molecule has 7 rings (SSSR count). The Hall–Kier alpha value is -6.65. The SMILES string of the molecule is N=C(N)c1cc(-c2ccon2)n(Cc2ncccc2F)n1.Nc1ccnc(-c2cc(-c3ccon3)n(Cc3ncccc3F)n2)n1. The number of rotatable bonds is 8. The number of amidine groups is 1. The van der Waals surface area contributed by atoms with Crippen LogP contribution in [0.15, 0.2) is 94.8 Å². The Balaban J connectivity index is 0.000000164. The van der Waals surface area contributed by atoms with Crippen molar-refractivity contribution in [2.45, 2.75) is 13.1 Å². The quantitative estimate of drug-likeness (QED) is 0.164. The summed E-state index contributed by atoms with van der Waals surface area (Å²) >= 11 is 0. The third-order valence-electron chi connectivity index (χ3n) is 6.41. The van der Waals surface area contributed by atoms with Gasteiger partial charge in [-0.2, -0.15) is 10.2 Å². The van der Waals surface area contributed by atoms with E-state index in [1.54, 1.807) is 41.2 Å².